The Morgan fingerprint density at radius 3 is 2.08 bits per heavy atom. The molecule has 12 heavy (non-hydrogen) atoms. The quantitative estimate of drug-likeness (QED) is 0.513. The Hall–Kier alpha value is 0.110. The zero-order valence-corrected chi connectivity index (χ0v) is 10.1. The summed E-state index contributed by atoms with van der Waals surface area (Å²) in [6.45, 7) is 6.36. The van der Waals surface area contributed by atoms with Gasteiger partial charge in [-0.25, -0.2) is 4.99 Å². The Kier molecular flexibility index (Phi) is 6.67. The van der Waals surface area contributed by atoms with Gasteiger partial charge in [0.15, 0.2) is 0 Å². The number of hydrogen-bond donors (Lipinski definition) is 0. The molecule has 0 aromatic heterocycles. The molecule has 0 aliphatic carbocycles. The average molecular weight is 203 g/mol. The summed E-state index contributed by atoms with van der Waals surface area (Å²) in [6, 6.07) is 0. The van der Waals surface area contributed by atoms with Gasteiger partial charge in [0.2, 0.25) is 0 Å². The van der Waals surface area contributed by atoms with Crippen molar-refractivity contribution in [2.24, 2.45) is 10.9 Å². The van der Waals surface area contributed by atoms with E-state index in [1.54, 1.807) is 23.5 Å². The highest BCUT2D eigenvalue weighted by atomic mass is 32.2. The van der Waals surface area contributed by atoms with E-state index in [4.69, 9.17) is 0 Å². The third kappa shape index (κ3) is 4.21. The highest BCUT2D eigenvalue weighted by Gasteiger charge is 2.03. The van der Waals surface area contributed by atoms with E-state index in [-0.39, 0.29) is 0 Å². The number of nitrogens with zero attached hydrogens (tertiary/aromatic N) is 1. The second-order valence-electron chi connectivity index (χ2n) is 2.64. The maximum Gasteiger partial charge on any atom is 0.0924 e. The number of thioether (sulfide) groups is 2. The Labute approximate surface area is 84.1 Å². The van der Waals surface area contributed by atoms with E-state index in [2.05, 4.69) is 31.4 Å². The fraction of sp³-hybridized carbons (Fsp3) is 0.667. The van der Waals surface area contributed by atoms with Crippen molar-refractivity contribution in [3.63, 3.8) is 0 Å². The molecule has 0 aromatic carbocycles. The molecule has 0 unspecified atom stereocenters. The van der Waals surface area contributed by atoms with Crippen LogP contribution >= 0.6 is 23.5 Å². The van der Waals surface area contributed by atoms with Gasteiger partial charge in [0, 0.05) is 5.92 Å². The molecule has 0 saturated heterocycles. The van der Waals surface area contributed by atoms with Crippen LogP contribution < -0.4 is 0 Å². The summed E-state index contributed by atoms with van der Waals surface area (Å²) in [7, 11) is 0. The summed E-state index contributed by atoms with van der Waals surface area (Å²) in [4.78, 5) is 4.53. The van der Waals surface area contributed by atoms with Crippen LogP contribution in [0.3, 0.4) is 0 Å². The third-order valence-corrected chi connectivity index (χ3v) is 3.11. The summed E-state index contributed by atoms with van der Waals surface area (Å²) in [5, 5.41) is 2.31. The van der Waals surface area contributed by atoms with E-state index < -0.39 is 0 Å². The minimum Gasteiger partial charge on any atom is -0.240 e. The van der Waals surface area contributed by atoms with Crippen molar-refractivity contribution >= 4 is 28.6 Å². The van der Waals surface area contributed by atoms with E-state index in [1.165, 1.54) is 5.04 Å². The van der Waals surface area contributed by atoms with E-state index >= 15 is 0 Å². The molecular formula is C9H17NS2. The predicted molar refractivity (Wildman–Crippen MR) is 63.1 cm³/mol. The van der Waals surface area contributed by atoms with Gasteiger partial charge in [0.05, 0.1) is 10.1 Å². The lowest BCUT2D eigenvalue weighted by molar-refractivity contribution is 0.900. The van der Waals surface area contributed by atoms with Crippen LogP contribution in [-0.4, -0.2) is 17.6 Å². The normalized spacial score (nSPS) is 14.2. The number of hydrogen-bond acceptors (Lipinski definition) is 3. The lowest BCUT2D eigenvalue weighted by Gasteiger charge is -2.06. The van der Waals surface area contributed by atoms with Crippen LogP contribution in [0, 0.1) is 5.92 Å². The average Bonchev–Trinajstić information content (AvgIpc) is 2.06. The van der Waals surface area contributed by atoms with Gasteiger partial charge in [-0.1, -0.05) is 19.9 Å². The second kappa shape index (κ2) is 6.61. The lowest BCUT2D eigenvalue weighted by Crippen LogP contribution is -2.01. The molecule has 0 aliphatic heterocycles. The van der Waals surface area contributed by atoms with Crippen LogP contribution in [0.15, 0.2) is 16.1 Å². The molecule has 0 aromatic rings. The molecule has 3 heteroatoms. The minimum absolute atomic E-state index is 0.530. The van der Waals surface area contributed by atoms with Crippen LogP contribution in [0.1, 0.15) is 20.8 Å². The summed E-state index contributed by atoms with van der Waals surface area (Å²) in [5.74, 6) is 0.530. The van der Waals surface area contributed by atoms with Gasteiger partial charge in [0.25, 0.3) is 0 Å². The van der Waals surface area contributed by atoms with Gasteiger partial charge in [-0.2, -0.15) is 0 Å². The van der Waals surface area contributed by atoms with Gasteiger partial charge in [-0.05, 0) is 19.4 Å². The van der Waals surface area contributed by atoms with Crippen molar-refractivity contribution in [3.05, 3.63) is 11.1 Å². The van der Waals surface area contributed by atoms with Crippen LogP contribution in [0.4, 0.5) is 0 Å². The standard InChI is InChI=1S/C9H17NS2/c1-6-8(11-4)10-9(12-5)7(2)3/h6-7H,1-5H3/b8-6+,10-9?. The molecule has 0 heterocycles. The van der Waals surface area contributed by atoms with Crippen LogP contribution in [0.25, 0.3) is 0 Å². The van der Waals surface area contributed by atoms with Crippen LogP contribution in [-0.2, 0) is 0 Å². The molecule has 0 saturated carbocycles. The zero-order valence-electron chi connectivity index (χ0n) is 8.42. The summed E-state index contributed by atoms with van der Waals surface area (Å²) in [5.41, 5.74) is 0. The maximum absolute atomic E-state index is 4.53. The summed E-state index contributed by atoms with van der Waals surface area (Å²) >= 11 is 3.42. The number of aliphatic imine (C=N–C) groups is 1. The topological polar surface area (TPSA) is 12.4 Å². The smallest absolute Gasteiger partial charge is 0.0924 e. The number of allylic oxidation sites excluding steroid dienone is 1. The van der Waals surface area contributed by atoms with Crippen LogP contribution in [0.5, 0.6) is 0 Å². The molecule has 0 aliphatic rings. The van der Waals surface area contributed by atoms with Gasteiger partial charge >= 0.3 is 0 Å². The number of rotatable bonds is 3. The van der Waals surface area contributed by atoms with Crippen molar-refractivity contribution in [2.45, 2.75) is 20.8 Å². The lowest BCUT2D eigenvalue weighted by atomic mass is 10.2. The first-order chi connectivity index (χ1) is 5.65. The van der Waals surface area contributed by atoms with E-state index in [0.29, 0.717) is 5.92 Å². The highest BCUT2D eigenvalue weighted by Crippen LogP contribution is 2.18. The highest BCUT2D eigenvalue weighted by molar-refractivity contribution is 8.13. The van der Waals surface area contributed by atoms with Crippen molar-refractivity contribution < 1.29 is 0 Å². The predicted octanol–water partition coefficient (Wildman–Crippen LogP) is 3.63. The minimum atomic E-state index is 0.530. The Bertz CT molecular complexity index is 183. The molecule has 0 amide bonds. The van der Waals surface area contributed by atoms with Gasteiger partial charge in [0.1, 0.15) is 0 Å². The van der Waals surface area contributed by atoms with Gasteiger partial charge in [-0.15, -0.1) is 23.5 Å². The van der Waals surface area contributed by atoms with E-state index in [0.717, 1.165) is 5.03 Å². The van der Waals surface area contributed by atoms with E-state index in [1.807, 2.05) is 13.0 Å². The molecule has 1 nitrogen and oxygen atoms in total. The van der Waals surface area contributed by atoms with Crippen LogP contribution in [0.2, 0.25) is 0 Å². The Balaban J connectivity index is 4.47. The maximum atomic E-state index is 4.53. The first-order valence-corrected chi connectivity index (χ1v) is 6.43. The fourth-order valence-corrected chi connectivity index (χ4v) is 1.89. The van der Waals surface area contributed by atoms with Gasteiger partial charge < -0.3 is 0 Å². The molecule has 0 fully saturated rings. The van der Waals surface area contributed by atoms with Crippen molar-refractivity contribution in [1.82, 2.24) is 0 Å². The first kappa shape index (κ1) is 12.1. The summed E-state index contributed by atoms with van der Waals surface area (Å²) in [6.07, 6.45) is 6.17. The largest absolute Gasteiger partial charge is 0.240 e. The molecule has 0 spiro atoms. The Morgan fingerprint density at radius 2 is 1.83 bits per heavy atom. The molecular weight excluding hydrogens is 186 g/mol. The monoisotopic (exact) mass is 203 g/mol. The van der Waals surface area contributed by atoms with Crippen molar-refractivity contribution in [2.75, 3.05) is 12.5 Å². The van der Waals surface area contributed by atoms with Crippen molar-refractivity contribution in [1.29, 1.82) is 0 Å². The fourth-order valence-electron chi connectivity index (χ4n) is 0.747. The summed E-state index contributed by atoms with van der Waals surface area (Å²) < 4.78 is 0. The van der Waals surface area contributed by atoms with Crippen molar-refractivity contribution in [3.8, 4) is 0 Å². The molecule has 0 radical (unpaired) electrons. The van der Waals surface area contributed by atoms with Gasteiger partial charge in [-0.3, -0.25) is 0 Å². The SMILES string of the molecule is C/C=C(\N=C(SC)C(C)C)SC. The van der Waals surface area contributed by atoms with E-state index in [9.17, 15) is 0 Å². The second-order valence-corrected chi connectivity index (χ2v) is 4.29. The Morgan fingerprint density at radius 1 is 1.25 bits per heavy atom. The molecule has 70 valence electrons. The molecule has 0 bridgehead atoms. The third-order valence-electron chi connectivity index (χ3n) is 1.38. The molecule has 0 atom stereocenters. The zero-order chi connectivity index (χ0) is 9.56. The first-order valence-electron chi connectivity index (χ1n) is 3.98. The molecule has 0 N–H and O–H groups in total. The molecule has 0 rings (SSSR count).